The van der Waals surface area contributed by atoms with Crippen LogP contribution >= 0.6 is 11.3 Å². The fraction of sp³-hybridized carbons (Fsp3) is 0.222. The molecule has 1 aromatic heterocycles. The Hall–Kier alpha value is -2.40. The number of carbonyl (C=O) groups is 1. The van der Waals surface area contributed by atoms with E-state index in [1.807, 2.05) is 50.2 Å². The molecule has 3 rings (SSSR count). The van der Waals surface area contributed by atoms with Crippen LogP contribution in [-0.2, 0) is 11.2 Å². The third-order valence-electron chi connectivity index (χ3n) is 3.60. The van der Waals surface area contributed by atoms with Gasteiger partial charge >= 0.3 is 0 Å². The molecule has 23 heavy (non-hydrogen) atoms. The number of thiazole rings is 1. The first kappa shape index (κ1) is 15.5. The maximum Gasteiger partial charge on any atom is 0.228 e. The number of nitrogens with one attached hydrogen (secondary N) is 1. The summed E-state index contributed by atoms with van der Waals surface area (Å²) in [5, 5.41) is 3.96. The van der Waals surface area contributed by atoms with Gasteiger partial charge in [-0.15, -0.1) is 11.3 Å². The molecule has 0 saturated heterocycles. The molecule has 0 radical (unpaired) electrons. The molecule has 0 spiro atoms. The van der Waals surface area contributed by atoms with Gasteiger partial charge < -0.3 is 10.1 Å². The van der Waals surface area contributed by atoms with Crippen molar-refractivity contribution in [2.24, 2.45) is 0 Å². The van der Waals surface area contributed by atoms with E-state index in [4.69, 9.17) is 4.74 Å². The van der Waals surface area contributed by atoms with Crippen molar-refractivity contribution >= 4 is 33.1 Å². The van der Waals surface area contributed by atoms with E-state index in [9.17, 15) is 4.79 Å². The molecule has 0 bridgehead atoms. The number of rotatable bonds is 4. The quantitative estimate of drug-likeness (QED) is 0.785. The average Bonchev–Trinajstić information content (AvgIpc) is 2.86. The minimum absolute atomic E-state index is 0.0409. The van der Waals surface area contributed by atoms with Gasteiger partial charge in [0.25, 0.3) is 0 Å². The predicted molar refractivity (Wildman–Crippen MR) is 94.4 cm³/mol. The number of aryl methyl sites for hydroxylation is 2. The van der Waals surface area contributed by atoms with Gasteiger partial charge in [-0.25, -0.2) is 4.98 Å². The summed E-state index contributed by atoms with van der Waals surface area (Å²) in [6.07, 6.45) is 0.332. The fourth-order valence-corrected chi connectivity index (χ4v) is 3.37. The van der Waals surface area contributed by atoms with E-state index in [2.05, 4.69) is 10.3 Å². The molecular weight excluding hydrogens is 308 g/mol. The summed E-state index contributed by atoms with van der Waals surface area (Å²) < 4.78 is 6.37. The largest absolute Gasteiger partial charge is 0.496 e. The smallest absolute Gasteiger partial charge is 0.228 e. The van der Waals surface area contributed by atoms with Crippen LogP contribution in [0.2, 0.25) is 0 Å². The van der Waals surface area contributed by atoms with Crippen LogP contribution in [0.15, 0.2) is 36.4 Å². The molecule has 0 aliphatic heterocycles. The van der Waals surface area contributed by atoms with Crippen molar-refractivity contribution in [1.29, 1.82) is 0 Å². The minimum atomic E-state index is -0.0409. The second-order valence-corrected chi connectivity index (χ2v) is 6.68. The third kappa shape index (κ3) is 3.51. The molecule has 118 valence electrons. The zero-order valence-corrected chi connectivity index (χ0v) is 14.2. The van der Waals surface area contributed by atoms with Crippen LogP contribution < -0.4 is 10.1 Å². The van der Waals surface area contributed by atoms with Gasteiger partial charge in [-0.1, -0.05) is 12.1 Å². The molecule has 5 heteroatoms. The van der Waals surface area contributed by atoms with E-state index in [0.717, 1.165) is 37.8 Å². The molecule has 0 aliphatic rings. The molecular formula is C18H18N2O2S. The van der Waals surface area contributed by atoms with E-state index in [1.165, 1.54) is 0 Å². The van der Waals surface area contributed by atoms with Crippen LogP contribution in [0.1, 0.15) is 16.1 Å². The highest BCUT2D eigenvalue weighted by Crippen LogP contribution is 2.24. The maximum absolute atomic E-state index is 12.2. The van der Waals surface area contributed by atoms with Crippen LogP contribution in [0.5, 0.6) is 5.75 Å². The number of hydrogen-bond acceptors (Lipinski definition) is 4. The van der Waals surface area contributed by atoms with Crippen LogP contribution in [0.25, 0.3) is 10.2 Å². The monoisotopic (exact) mass is 326 g/mol. The van der Waals surface area contributed by atoms with Crippen molar-refractivity contribution in [3.05, 3.63) is 52.5 Å². The number of aromatic nitrogens is 1. The molecule has 0 fully saturated rings. The van der Waals surface area contributed by atoms with E-state index in [-0.39, 0.29) is 5.91 Å². The van der Waals surface area contributed by atoms with Crippen molar-refractivity contribution in [2.75, 3.05) is 12.4 Å². The van der Waals surface area contributed by atoms with Gasteiger partial charge in [0.15, 0.2) is 0 Å². The molecule has 4 nitrogen and oxygen atoms in total. The lowest BCUT2D eigenvalue weighted by atomic mass is 10.1. The Morgan fingerprint density at radius 1 is 1.22 bits per heavy atom. The molecule has 1 N–H and O–H groups in total. The van der Waals surface area contributed by atoms with Gasteiger partial charge in [0, 0.05) is 5.69 Å². The Labute approximate surface area is 139 Å². The number of amides is 1. The highest BCUT2D eigenvalue weighted by Gasteiger charge is 2.08. The Morgan fingerprint density at radius 2 is 2.04 bits per heavy atom. The lowest BCUT2D eigenvalue weighted by Crippen LogP contribution is -2.14. The highest BCUT2D eigenvalue weighted by atomic mass is 32.1. The van der Waals surface area contributed by atoms with Crippen molar-refractivity contribution < 1.29 is 9.53 Å². The summed E-state index contributed by atoms with van der Waals surface area (Å²) >= 11 is 1.65. The van der Waals surface area contributed by atoms with Gasteiger partial charge in [0.1, 0.15) is 5.75 Å². The molecule has 1 amide bonds. The van der Waals surface area contributed by atoms with Crippen molar-refractivity contribution in [1.82, 2.24) is 4.98 Å². The summed E-state index contributed by atoms with van der Waals surface area (Å²) in [6, 6.07) is 11.6. The highest BCUT2D eigenvalue weighted by molar-refractivity contribution is 7.18. The summed E-state index contributed by atoms with van der Waals surface area (Å²) in [6.45, 7) is 3.95. The maximum atomic E-state index is 12.2. The van der Waals surface area contributed by atoms with Crippen molar-refractivity contribution in [2.45, 2.75) is 20.3 Å². The van der Waals surface area contributed by atoms with Gasteiger partial charge in [0.2, 0.25) is 5.91 Å². The second kappa shape index (κ2) is 6.38. The fourth-order valence-electron chi connectivity index (χ4n) is 2.56. The number of methoxy groups -OCH3 is 1. The topological polar surface area (TPSA) is 51.2 Å². The minimum Gasteiger partial charge on any atom is -0.496 e. The lowest BCUT2D eigenvalue weighted by Gasteiger charge is -2.08. The molecule has 3 aromatic rings. The zero-order valence-electron chi connectivity index (χ0n) is 13.3. The number of ether oxygens (including phenoxy) is 1. The van der Waals surface area contributed by atoms with Crippen LogP contribution in [-0.4, -0.2) is 18.0 Å². The molecule has 1 heterocycles. The Morgan fingerprint density at radius 3 is 2.78 bits per heavy atom. The van der Waals surface area contributed by atoms with Crippen molar-refractivity contribution in [3.8, 4) is 5.75 Å². The Bertz CT molecular complexity index is 871. The molecule has 0 aliphatic carbocycles. The van der Waals surface area contributed by atoms with E-state index in [0.29, 0.717) is 6.42 Å². The molecule has 0 atom stereocenters. The normalized spacial score (nSPS) is 10.7. The molecule has 0 saturated carbocycles. The summed E-state index contributed by atoms with van der Waals surface area (Å²) in [4.78, 5) is 16.7. The van der Waals surface area contributed by atoms with Gasteiger partial charge in [-0.2, -0.15) is 0 Å². The van der Waals surface area contributed by atoms with E-state index in [1.54, 1.807) is 18.4 Å². The first-order valence-electron chi connectivity index (χ1n) is 7.36. The Kier molecular flexibility index (Phi) is 4.30. The van der Waals surface area contributed by atoms with Crippen LogP contribution in [0.3, 0.4) is 0 Å². The van der Waals surface area contributed by atoms with Crippen molar-refractivity contribution in [3.63, 3.8) is 0 Å². The third-order valence-corrected chi connectivity index (χ3v) is 4.55. The standard InChI is InChI=1S/C18H18N2O2S/c1-11-8-13(4-6-16(11)22-3)9-18(21)20-14-5-7-17-15(10-14)19-12(2)23-17/h4-8,10H,9H2,1-3H3,(H,20,21). The molecule has 2 aromatic carbocycles. The molecule has 0 unspecified atom stereocenters. The predicted octanol–water partition coefficient (Wildman–Crippen LogP) is 4.10. The number of anilines is 1. The number of carbonyl (C=O) groups excluding carboxylic acids is 1. The number of fused-ring (bicyclic) bond motifs is 1. The number of hydrogen-bond donors (Lipinski definition) is 1. The lowest BCUT2D eigenvalue weighted by molar-refractivity contribution is -0.115. The zero-order chi connectivity index (χ0) is 16.4. The van der Waals surface area contributed by atoms with Crippen LogP contribution in [0.4, 0.5) is 5.69 Å². The second-order valence-electron chi connectivity index (χ2n) is 5.44. The summed E-state index contributed by atoms with van der Waals surface area (Å²) in [7, 11) is 1.64. The van der Waals surface area contributed by atoms with Gasteiger partial charge in [-0.05, 0) is 49.2 Å². The first-order valence-corrected chi connectivity index (χ1v) is 8.17. The average molecular weight is 326 g/mol. The van der Waals surface area contributed by atoms with Crippen LogP contribution in [0, 0.1) is 13.8 Å². The van der Waals surface area contributed by atoms with Gasteiger partial charge in [0.05, 0.1) is 28.8 Å². The van der Waals surface area contributed by atoms with E-state index < -0.39 is 0 Å². The SMILES string of the molecule is COc1ccc(CC(=O)Nc2ccc3sc(C)nc3c2)cc1C. The summed E-state index contributed by atoms with van der Waals surface area (Å²) in [5.74, 6) is 0.791. The van der Waals surface area contributed by atoms with E-state index >= 15 is 0 Å². The van der Waals surface area contributed by atoms with Gasteiger partial charge in [-0.3, -0.25) is 4.79 Å². The first-order chi connectivity index (χ1) is 11.0. The Balaban J connectivity index is 1.71. The summed E-state index contributed by atoms with van der Waals surface area (Å²) in [5.41, 5.74) is 3.69. The number of nitrogens with zero attached hydrogens (tertiary/aromatic N) is 1. The number of benzene rings is 2.